The van der Waals surface area contributed by atoms with Crippen molar-refractivity contribution in [3.05, 3.63) is 47.1 Å². The molecule has 2 saturated heterocycles. The number of benzene rings is 1. The van der Waals surface area contributed by atoms with Crippen molar-refractivity contribution in [3.8, 4) is 0 Å². The Morgan fingerprint density at radius 1 is 1.17 bits per heavy atom. The highest BCUT2D eigenvalue weighted by molar-refractivity contribution is 5.24. The van der Waals surface area contributed by atoms with Crippen LogP contribution < -0.4 is 0 Å². The molecule has 5 nitrogen and oxygen atoms in total. The minimum Gasteiger partial charge on any atom is -0.339 e. The van der Waals surface area contributed by atoms with Crippen LogP contribution in [0.1, 0.15) is 67.9 Å². The lowest BCUT2D eigenvalue weighted by atomic mass is 9.76. The van der Waals surface area contributed by atoms with Crippen molar-refractivity contribution >= 4 is 0 Å². The molecule has 2 aliphatic rings. The van der Waals surface area contributed by atoms with Crippen LogP contribution in [0.2, 0.25) is 0 Å². The number of aromatic nitrogens is 2. The van der Waals surface area contributed by atoms with Gasteiger partial charge in [0.25, 0.3) is 0 Å². The van der Waals surface area contributed by atoms with Crippen LogP contribution in [-0.4, -0.2) is 46.6 Å². The molecule has 30 heavy (non-hydrogen) atoms. The molecule has 2 aromatic rings. The molecular formula is C22H29F3N4O. The molecule has 0 bridgehead atoms. The summed E-state index contributed by atoms with van der Waals surface area (Å²) < 4.78 is 43.6. The Kier molecular flexibility index (Phi) is 5.66. The molecule has 1 aromatic heterocycles. The molecule has 1 unspecified atom stereocenters. The van der Waals surface area contributed by atoms with Crippen molar-refractivity contribution in [2.45, 2.75) is 57.8 Å². The predicted octanol–water partition coefficient (Wildman–Crippen LogP) is 4.87. The van der Waals surface area contributed by atoms with E-state index in [0.29, 0.717) is 12.4 Å². The third-order valence-electron chi connectivity index (χ3n) is 6.60. The second kappa shape index (κ2) is 7.96. The van der Waals surface area contributed by atoms with Gasteiger partial charge in [-0.25, -0.2) is 0 Å². The monoisotopic (exact) mass is 422 g/mol. The zero-order chi connectivity index (χ0) is 21.5. The van der Waals surface area contributed by atoms with E-state index in [1.54, 1.807) is 12.1 Å². The van der Waals surface area contributed by atoms with E-state index < -0.39 is 11.7 Å². The summed E-state index contributed by atoms with van der Waals surface area (Å²) in [6.07, 6.45) is -1.11. The number of rotatable bonds is 4. The van der Waals surface area contributed by atoms with Crippen LogP contribution in [0.25, 0.3) is 0 Å². The Balaban J connectivity index is 1.34. The lowest BCUT2D eigenvalue weighted by Crippen LogP contribution is -2.40. The summed E-state index contributed by atoms with van der Waals surface area (Å²) in [4.78, 5) is 9.28. The lowest BCUT2D eigenvalue weighted by Gasteiger charge is -2.39. The van der Waals surface area contributed by atoms with Gasteiger partial charge in [0.2, 0.25) is 5.89 Å². The predicted molar refractivity (Wildman–Crippen MR) is 107 cm³/mol. The minimum absolute atomic E-state index is 0.183. The van der Waals surface area contributed by atoms with E-state index >= 15 is 0 Å². The largest absolute Gasteiger partial charge is 0.416 e. The molecule has 1 atom stereocenters. The average Bonchev–Trinajstić information content (AvgIpc) is 3.29. The Morgan fingerprint density at radius 3 is 2.40 bits per heavy atom. The van der Waals surface area contributed by atoms with Gasteiger partial charge in [0.15, 0.2) is 5.82 Å². The van der Waals surface area contributed by atoms with Crippen molar-refractivity contribution in [3.63, 3.8) is 0 Å². The fourth-order valence-corrected chi connectivity index (χ4v) is 4.78. The molecule has 2 fully saturated rings. The van der Waals surface area contributed by atoms with E-state index in [0.717, 1.165) is 50.3 Å². The molecule has 8 heteroatoms. The fraction of sp³-hybridized carbons (Fsp3) is 0.636. The molecule has 3 heterocycles. The van der Waals surface area contributed by atoms with E-state index in [-0.39, 0.29) is 17.4 Å². The number of halogens is 3. The van der Waals surface area contributed by atoms with Crippen LogP contribution in [0.4, 0.5) is 13.2 Å². The molecule has 0 N–H and O–H groups in total. The van der Waals surface area contributed by atoms with Gasteiger partial charge < -0.3 is 4.52 Å². The number of likely N-dealkylation sites (tertiary alicyclic amines) is 2. The molecule has 4 rings (SSSR count). The van der Waals surface area contributed by atoms with Crippen molar-refractivity contribution in [1.29, 1.82) is 0 Å². The first-order valence-electron chi connectivity index (χ1n) is 10.6. The maximum Gasteiger partial charge on any atom is 0.416 e. The number of hydrogen-bond donors (Lipinski definition) is 0. The maximum atomic E-state index is 12.7. The van der Waals surface area contributed by atoms with Gasteiger partial charge in [0.05, 0.1) is 11.6 Å². The minimum atomic E-state index is -4.28. The van der Waals surface area contributed by atoms with Crippen LogP contribution in [0.3, 0.4) is 0 Å². The lowest BCUT2D eigenvalue weighted by molar-refractivity contribution is -0.137. The number of nitrogens with zero attached hydrogens (tertiary/aromatic N) is 4. The summed E-state index contributed by atoms with van der Waals surface area (Å²) in [6.45, 7) is 7.69. The summed E-state index contributed by atoms with van der Waals surface area (Å²) in [6, 6.07) is 5.72. The maximum absolute atomic E-state index is 12.7. The molecule has 1 spiro atoms. The highest BCUT2D eigenvalue weighted by atomic mass is 19.4. The summed E-state index contributed by atoms with van der Waals surface area (Å²) in [5, 5.41) is 4.22. The van der Waals surface area contributed by atoms with Gasteiger partial charge in [0, 0.05) is 19.0 Å². The standard InChI is InChI=1S/C22H29F3N4O/c1-15(2)20-26-19(27-30-20)18-12-21(14-28(18)3)8-10-29(11-9-21)13-16-4-6-17(7-5-16)22(23,24)25/h4-7,15,18H,8-14H2,1-3H3. The Hall–Kier alpha value is -1.93. The molecule has 0 amide bonds. The zero-order valence-electron chi connectivity index (χ0n) is 17.7. The summed E-state index contributed by atoms with van der Waals surface area (Å²) in [5.74, 6) is 1.69. The van der Waals surface area contributed by atoms with Crippen LogP contribution in [0, 0.1) is 5.41 Å². The normalized spacial score (nSPS) is 23.0. The molecule has 0 radical (unpaired) electrons. The first-order chi connectivity index (χ1) is 14.2. The van der Waals surface area contributed by atoms with Gasteiger partial charge in [-0.05, 0) is 62.5 Å². The highest BCUT2D eigenvalue weighted by Crippen LogP contribution is 2.48. The third kappa shape index (κ3) is 4.39. The van der Waals surface area contributed by atoms with Gasteiger partial charge >= 0.3 is 6.18 Å². The Labute approximate surface area is 175 Å². The van der Waals surface area contributed by atoms with Crippen molar-refractivity contribution in [2.24, 2.45) is 5.41 Å². The topological polar surface area (TPSA) is 45.4 Å². The van der Waals surface area contributed by atoms with Crippen LogP contribution in [-0.2, 0) is 12.7 Å². The number of piperidine rings is 1. The quantitative estimate of drug-likeness (QED) is 0.703. The zero-order valence-corrected chi connectivity index (χ0v) is 17.7. The number of alkyl halides is 3. The van der Waals surface area contributed by atoms with Crippen molar-refractivity contribution in [1.82, 2.24) is 19.9 Å². The van der Waals surface area contributed by atoms with E-state index in [4.69, 9.17) is 4.52 Å². The van der Waals surface area contributed by atoms with E-state index in [1.807, 2.05) is 13.8 Å². The van der Waals surface area contributed by atoms with E-state index in [9.17, 15) is 13.2 Å². The molecule has 0 aliphatic carbocycles. The van der Waals surface area contributed by atoms with Crippen molar-refractivity contribution in [2.75, 3.05) is 26.7 Å². The molecule has 0 saturated carbocycles. The summed E-state index contributed by atoms with van der Waals surface area (Å²) >= 11 is 0. The Morgan fingerprint density at radius 2 is 1.83 bits per heavy atom. The van der Waals surface area contributed by atoms with E-state index in [1.165, 1.54) is 12.1 Å². The highest BCUT2D eigenvalue weighted by Gasteiger charge is 2.46. The fourth-order valence-electron chi connectivity index (χ4n) is 4.78. The van der Waals surface area contributed by atoms with Crippen LogP contribution in [0.5, 0.6) is 0 Å². The molecule has 1 aromatic carbocycles. The molecule has 2 aliphatic heterocycles. The van der Waals surface area contributed by atoms with Gasteiger partial charge in [0.1, 0.15) is 0 Å². The first-order valence-corrected chi connectivity index (χ1v) is 10.6. The SMILES string of the molecule is CC(C)c1nc(C2CC3(CCN(Cc4ccc(C(F)(F)F)cc4)CC3)CN2C)no1. The van der Waals surface area contributed by atoms with Gasteiger partial charge in [-0.2, -0.15) is 18.2 Å². The average molecular weight is 422 g/mol. The molecular weight excluding hydrogens is 393 g/mol. The number of hydrogen-bond acceptors (Lipinski definition) is 5. The second-order valence-electron chi connectivity index (χ2n) is 9.25. The van der Waals surface area contributed by atoms with Crippen molar-refractivity contribution < 1.29 is 17.7 Å². The first kappa shape index (κ1) is 21.3. The van der Waals surface area contributed by atoms with E-state index in [2.05, 4.69) is 27.0 Å². The van der Waals surface area contributed by atoms with Gasteiger partial charge in [-0.15, -0.1) is 0 Å². The van der Waals surface area contributed by atoms with Crippen LogP contribution >= 0.6 is 0 Å². The molecule has 164 valence electrons. The van der Waals surface area contributed by atoms with Crippen LogP contribution in [0.15, 0.2) is 28.8 Å². The van der Waals surface area contributed by atoms with Gasteiger partial charge in [-0.1, -0.05) is 31.1 Å². The smallest absolute Gasteiger partial charge is 0.339 e. The second-order valence-corrected chi connectivity index (χ2v) is 9.25. The Bertz CT molecular complexity index is 854. The summed E-state index contributed by atoms with van der Waals surface area (Å²) in [5.41, 5.74) is 0.577. The summed E-state index contributed by atoms with van der Waals surface area (Å²) in [7, 11) is 2.12. The van der Waals surface area contributed by atoms with Gasteiger partial charge in [-0.3, -0.25) is 9.80 Å². The third-order valence-corrected chi connectivity index (χ3v) is 6.60.